The Morgan fingerprint density at radius 3 is 2.21 bits per heavy atom. The van der Waals surface area contributed by atoms with Gasteiger partial charge in [0.1, 0.15) is 18.3 Å². The summed E-state index contributed by atoms with van der Waals surface area (Å²) in [6.07, 6.45) is 0.144. The Balaban J connectivity index is 1.84. The third kappa shape index (κ3) is 8.90. The highest BCUT2D eigenvalue weighted by Gasteiger charge is 2.35. The minimum atomic E-state index is -4.56. The molecule has 0 heterocycles. The standard InChI is InChI=1S/C35H37ClN4O7S/c1-24(2)37-35(42)33(20-26-9-6-5-7-10-26)38(22-27-11-8-12-28(36)19-27)34(41)23-39(29-14-16-30(47-4)17-15-29)48(45,46)31-18-13-25(3)32(21-31)40(43)44/h5-19,21,24,33H,20,22-23H2,1-4H3,(H,37,42)/t33-/m1/s1. The van der Waals surface area contributed by atoms with Gasteiger partial charge >= 0.3 is 0 Å². The molecular formula is C35H37ClN4O7S. The van der Waals surface area contributed by atoms with Crippen LogP contribution in [0.2, 0.25) is 5.02 Å². The second kappa shape index (κ2) is 15.8. The summed E-state index contributed by atoms with van der Waals surface area (Å²) < 4.78 is 34.7. The molecule has 1 atom stereocenters. The number of carbonyl (C=O) groups excluding carboxylic acids is 2. The maximum atomic E-state index is 14.5. The van der Waals surface area contributed by atoms with Crippen LogP contribution >= 0.6 is 11.6 Å². The molecule has 13 heteroatoms. The van der Waals surface area contributed by atoms with Gasteiger partial charge in [-0.25, -0.2) is 8.42 Å². The van der Waals surface area contributed by atoms with E-state index in [0.717, 1.165) is 15.9 Å². The molecule has 4 aromatic carbocycles. The number of anilines is 1. The van der Waals surface area contributed by atoms with Crippen LogP contribution in [-0.4, -0.2) is 55.8 Å². The van der Waals surface area contributed by atoms with Gasteiger partial charge in [-0.1, -0.05) is 60.1 Å². The number of sulfonamides is 1. The van der Waals surface area contributed by atoms with Crippen LogP contribution in [0, 0.1) is 17.0 Å². The number of benzene rings is 4. The normalized spacial score (nSPS) is 11.9. The number of ether oxygens (including phenoxy) is 1. The number of nitrogens with one attached hydrogen (secondary N) is 1. The van der Waals surface area contributed by atoms with Crippen LogP contribution in [0.15, 0.2) is 102 Å². The molecule has 0 aliphatic carbocycles. The quantitative estimate of drug-likeness (QED) is 0.128. The number of nitrogens with zero attached hydrogens (tertiary/aromatic N) is 3. The zero-order valence-electron chi connectivity index (χ0n) is 27.0. The molecule has 0 aliphatic rings. The van der Waals surface area contributed by atoms with Gasteiger partial charge in [0.05, 0.1) is 22.6 Å². The molecule has 0 aromatic heterocycles. The number of halogens is 1. The van der Waals surface area contributed by atoms with E-state index in [1.165, 1.54) is 55.3 Å². The summed E-state index contributed by atoms with van der Waals surface area (Å²) >= 11 is 6.28. The van der Waals surface area contributed by atoms with Crippen LogP contribution in [0.25, 0.3) is 0 Å². The van der Waals surface area contributed by atoms with Gasteiger partial charge in [-0.05, 0) is 74.4 Å². The molecule has 0 bridgehead atoms. The molecule has 4 aromatic rings. The van der Waals surface area contributed by atoms with Gasteiger partial charge < -0.3 is 15.0 Å². The predicted octanol–water partition coefficient (Wildman–Crippen LogP) is 5.93. The monoisotopic (exact) mass is 692 g/mol. The maximum absolute atomic E-state index is 14.5. The van der Waals surface area contributed by atoms with Crippen LogP contribution in [0.5, 0.6) is 5.75 Å². The van der Waals surface area contributed by atoms with E-state index in [2.05, 4.69) is 5.32 Å². The Morgan fingerprint density at radius 2 is 1.60 bits per heavy atom. The van der Waals surface area contributed by atoms with E-state index in [9.17, 15) is 28.1 Å². The van der Waals surface area contributed by atoms with Crippen molar-refractivity contribution in [3.63, 3.8) is 0 Å². The fraction of sp³-hybridized carbons (Fsp3) is 0.257. The topological polar surface area (TPSA) is 139 Å². The molecule has 0 radical (unpaired) electrons. The average molecular weight is 693 g/mol. The van der Waals surface area contributed by atoms with Crippen molar-refractivity contribution in [3.05, 3.63) is 129 Å². The van der Waals surface area contributed by atoms with Crippen molar-refractivity contribution in [2.45, 2.75) is 50.7 Å². The minimum absolute atomic E-state index is 0.0606. The number of rotatable bonds is 14. The molecule has 11 nitrogen and oxygen atoms in total. The third-order valence-corrected chi connectivity index (χ3v) is 9.55. The number of aryl methyl sites for hydroxylation is 1. The number of hydrogen-bond donors (Lipinski definition) is 1. The van der Waals surface area contributed by atoms with E-state index < -0.39 is 39.3 Å². The zero-order chi connectivity index (χ0) is 35.0. The number of hydrogen-bond acceptors (Lipinski definition) is 7. The first kappa shape index (κ1) is 35.9. The van der Waals surface area contributed by atoms with E-state index in [4.69, 9.17) is 16.3 Å². The second-order valence-corrected chi connectivity index (χ2v) is 13.7. The highest BCUT2D eigenvalue weighted by atomic mass is 35.5. The Hall–Kier alpha value is -4.94. The Labute approximate surface area is 285 Å². The zero-order valence-corrected chi connectivity index (χ0v) is 28.6. The van der Waals surface area contributed by atoms with Crippen molar-refractivity contribution < 1.29 is 27.7 Å². The van der Waals surface area contributed by atoms with Crippen LogP contribution in [0.4, 0.5) is 11.4 Å². The van der Waals surface area contributed by atoms with Crippen LogP contribution in [0.3, 0.4) is 0 Å². The van der Waals surface area contributed by atoms with Gasteiger partial charge in [-0.3, -0.25) is 24.0 Å². The SMILES string of the molecule is COc1ccc(N(CC(=O)N(Cc2cccc(Cl)c2)[C@H](Cc2ccccc2)C(=O)NC(C)C)S(=O)(=O)c2ccc(C)c([N+](=O)[O-])c2)cc1. The maximum Gasteiger partial charge on any atom is 0.273 e. The first-order valence-corrected chi connectivity index (χ1v) is 16.9. The van der Waals surface area contributed by atoms with Crippen molar-refractivity contribution in [1.29, 1.82) is 0 Å². The molecular weight excluding hydrogens is 656 g/mol. The molecule has 0 unspecified atom stereocenters. The largest absolute Gasteiger partial charge is 0.497 e. The summed E-state index contributed by atoms with van der Waals surface area (Å²) in [5.74, 6) is -0.655. The summed E-state index contributed by atoms with van der Waals surface area (Å²) in [6, 6.07) is 24.3. The van der Waals surface area contributed by atoms with Gasteiger partial charge in [-0.15, -0.1) is 0 Å². The molecule has 48 heavy (non-hydrogen) atoms. The van der Waals surface area contributed by atoms with Crippen LogP contribution < -0.4 is 14.4 Å². The summed E-state index contributed by atoms with van der Waals surface area (Å²) in [4.78, 5) is 40.4. The number of carbonyl (C=O) groups is 2. The minimum Gasteiger partial charge on any atom is -0.497 e. The summed E-state index contributed by atoms with van der Waals surface area (Å²) in [5, 5.41) is 15.0. The predicted molar refractivity (Wildman–Crippen MR) is 185 cm³/mol. The van der Waals surface area contributed by atoms with E-state index in [1.54, 1.807) is 38.1 Å². The van der Waals surface area contributed by atoms with Crippen LogP contribution in [0.1, 0.15) is 30.5 Å². The fourth-order valence-corrected chi connectivity index (χ4v) is 6.77. The lowest BCUT2D eigenvalue weighted by Crippen LogP contribution is -2.54. The molecule has 2 amide bonds. The lowest BCUT2D eigenvalue weighted by molar-refractivity contribution is -0.385. The highest BCUT2D eigenvalue weighted by Crippen LogP contribution is 2.30. The first-order chi connectivity index (χ1) is 22.8. The fourth-order valence-electron chi connectivity index (χ4n) is 5.12. The smallest absolute Gasteiger partial charge is 0.273 e. The van der Waals surface area contributed by atoms with Gasteiger partial charge in [0.25, 0.3) is 15.7 Å². The molecule has 0 aliphatic heterocycles. The summed E-state index contributed by atoms with van der Waals surface area (Å²) in [6.45, 7) is 4.33. The summed E-state index contributed by atoms with van der Waals surface area (Å²) in [7, 11) is -3.10. The van der Waals surface area contributed by atoms with E-state index >= 15 is 0 Å². The van der Waals surface area contributed by atoms with Crippen molar-refractivity contribution in [1.82, 2.24) is 10.2 Å². The van der Waals surface area contributed by atoms with Gasteiger partial charge in [0, 0.05) is 35.7 Å². The van der Waals surface area contributed by atoms with Crippen molar-refractivity contribution in [3.8, 4) is 5.75 Å². The lowest BCUT2D eigenvalue weighted by atomic mass is 10.0. The molecule has 252 valence electrons. The summed E-state index contributed by atoms with van der Waals surface area (Å²) in [5.41, 5.74) is 1.42. The number of nitro groups is 1. The molecule has 4 rings (SSSR count). The van der Waals surface area contributed by atoms with Gasteiger partial charge in [-0.2, -0.15) is 0 Å². The molecule has 1 N–H and O–H groups in total. The van der Waals surface area contributed by atoms with E-state index in [0.29, 0.717) is 16.3 Å². The number of amides is 2. The van der Waals surface area contributed by atoms with E-state index in [1.807, 2.05) is 30.3 Å². The lowest BCUT2D eigenvalue weighted by Gasteiger charge is -2.34. The van der Waals surface area contributed by atoms with Crippen molar-refractivity contribution in [2.24, 2.45) is 0 Å². The highest BCUT2D eigenvalue weighted by molar-refractivity contribution is 7.92. The first-order valence-electron chi connectivity index (χ1n) is 15.1. The Bertz CT molecular complexity index is 1870. The van der Waals surface area contributed by atoms with Gasteiger partial charge in [0.2, 0.25) is 11.8 Å². The number of methoxy groups -OCH3 is 1. The van der Waals surface area contributed by atoms with Crippen molar-refractivity contribution in [2.75, 3.05) is 18.0 Å². The molecule has 0 saturated carbocycles. The van der Waals surface area contributed by atoms with E-state index in [-0.39, 0.29) is 40.8 Å². The average Bonchev–Trinajstić information content (AvgIpc) is 3.05. The molecule has 0 fully saturated rings. The molecule has 0 spiro atoms. The third-order valence-electron chi connectivity index (χ3n) is 7.55. The van der Waals surface area contributed by atoms with Gasteiger partial charge in [0.15, 0.2) is 0 Å². The second-order valence-electron chi connectivity index (χ2n) is 11.4. The Morgan fingerprint density at radius 1 is 0.938 bits per heavy atom. The number of nitro benzene ring substituents is 1. The van der Waals surface area contributed by atoms with Crippen LogP contribution in [-0.2, 0) is 32.6 Å². The Kier molecular flexibility index (Phi) is 11.8. The van der Waals surface area contributed by atoms with Crippen molar-refractivity contribution >= 4 is 44.8 Å². The molecule has 0 saturated heterocycles.